The Morgan fingerprint density at radius 1 is 0.783 bits per heavy atom. The van der Waals surface area contributed by atoms with Gasteiger partial charge in [-0.15, -0.1) is 0 Å². The van der Waals surface area contributed by atoms with Gasteiger partial charge in [0.25, 0.3) is 0 Å². The summed E-state index contributed by atoms with van der Waals surface area (Å²) in [5.41, 5.74) is 2.07. The molecule has 0 amide bonds. The number of carbonyl (C=O) groups is 1. The fourth-order valence-corrected chi connectivity index (χ4v) is 2.29. The monoisotopic (exact) mass is 303 g/mol. The number of ketones is 1. The van der Waals surface area contributed by atoms with Crippen LogP contribution >= 0.6 is 0 Å². The maximum absolute atomic E-state index is 12.6. The molecule has 3 aromatic carbocycles. The first-order valence-corrected chi connectivity index (χ1v) is 7.45. The number of ether oxygens (including phenoxy) is 1. The van der Waals surface area contributed by atoms with Crippen LogP contribution in [0, 0.1) is 0 Å². The van der Waals surface area contributed by atoms with Crippen molar-refractivity contribution in [2.45, 2.75) is 0 Å². The molecule has 0 bridgehead atoms. The fraction of sp³-hybridized carbons (Fsp3) is 0.0500. The lowest BCUT2D eigenvalue weighted by atomic mass is 10.0. The van der Waals surface area contributed by atoms with Gasteiger partial charge in [-0.25, -0.2) is 0 Å². The first-order chi connectivity index (χ1) is 11.3. The first kappa shape index (κ1) is 14.9. The molecule has 0 aliphatic carbocycles. The Bertz CT molecular complexity index is 770. The molecule has 0 radical (unpaired) electrons. The molecule has 0 aromatic heterocycles. The number of anilines is 1. The molecule has 3 nitrogen and oxygen atoms in total. The van der Waals surface area contributed by atoms with Gasteiger partial charge in [-0.3, -0.25) is 4.79 Å². The summed E-state index contributed by atoms with van der Waals surface area (Å²) >= 11 is 0. The number of rotatable bonds is 6. The molecule has 0 saturated carbocycles. The van der Waals surface area contributed by atoms with Crippen molar-refractivity contribution >= 4 is 11.5 Å². The highest BCUT2D eigenvalue weighted by atomic mass is 16.5. The van der Waals surface area contributed by atoms with Crippen molar-refractivity contribution in [3.8, 4) is 5.75 Å². The zero-order chi connectivity index (χ0) is 15.9. The minimum Gasteiger partial charge on any atom is -0.473 e. The highest BCUT2D eigenvalue weighted by Crippen LogP contribution is 2.19. The van der Waals surface area contributed by atoms with Gasteiger partial charge in [-0.2, -0.15) is 0 Å². The van der Waals surface area contributed by atoms with E-state index in [2.05, 4.69) is 5.32 Å². The highest BCUT2D eigenvalue weighted by Gasteiger charge is 2.12. The predicted octanol–water partition coefficient (Wildman–Crippen LogP) is 4.37. The van der Waals surface area contributed by atoms with Crippen LogP contribution < -0.4 is 10.1 Å². The van der Waals surface area contributed by atoms with Crippen LogP contribution in [-0.4, -0.2) is 12.5 Å². The van der Waals surface area contributed by atoms with Crippen molar-refractivity contribution < 1.29 is 9.53 Å². The van der Waals surface area contributed by atoms with Crippen molar-refractivity contribution in [1.29, 1.82) is 0 Å². The summed E-state index contributed by atoms with van der Waals surface area (Å²) in [4.78, 5) is 12.6. The van der Waals surface area contributed by atoms with Gasteiger partial charge in [-0.1, -0.05) is 60.7 Å². The largest absolute Gasteiger partial charge is 0.473 e. The second-order valence-corrected chi connectivity index (χ2v) is 5.02. The molecule has 0 atom stereocenters. The van der Waals surface area contributed by atoms with E-state index in [1.165, 1.54) is 0 Å². The molecule has 3 rings (SSSR count). The lowest BCUT2D eigenvalue weighted by Crippen LogP contribution is -2.12. The topological polar surface area (TPSA) is 38.3 Å². The zero-order valence-electron chi connectivity index (χ0n) is 12.6. The molecule has 3 aromatic rings. The molecule has 114 valence electrons. The van der Waals surface area contributed by atoms with Gasteiger partial charge in [0.2, 0.25) is 0 Å². The summed E-state index contributed by atoms with van der Waals surface area (Å²) in [7, 11) is 0. The Balaban J connectivity index is 1.72. The Morgan fingerprint density at radius 2 is 1.39 bits per heavy atom. The van der Waals surface area contributed by atoms with E-state index in [0.717, 1.165) is 11.4 Å². The van der Waals surface area contributed by atoms with Crippen LogP contribution in [0.15, 0.2) is 84.9 Å². The van der Waals surface area contributed by atoms with Crippen molar-refractivity contribution in [3.05, 3.63) is 96.1 Å². The van der Waals surface area contributed by atoms with Gasteiger partial charge in [0.05, 0.1) is 0 Å². The minimum atomic E-state index is -0.00610. The van der Waals surface area contributed by atoms with Crippen molar-refractivity contribution in [2.24, 2.45) is 0 Å². The summed E-state index contributed by atoms with van der Waals surface area (Å²) in [6, 6.07) is 26.3. The molecule has 0 unspecified atom stereocenters. The minimum absolute atomic E-state index is 0.00610. The average Bonchev–Trinajstić information content (AvgIpc) is 2.63. The Kier molecular flexibility index (Phi) is 4.69. The normalized spacial score (nSPS) is 10.1. The summed E-state index contributed by atoms with van der Waals surface area (Å²) in [6.07, 6.45) is 0. The van der Waals surface area contributed by atoms with Gasteiger partial charge in [0.1, 0.15) is 5.75 Å². The smallest absolute Gasteiger partial charge is 0.195 e. The van der Waals surface area contributed by atoms with Crippen LogP contribution in [0.4, 0.5) is 5.69 Å². The lowest BCUT2D eigenvalue weighted by Gasteiger charge is -2.12. The molecule has 0 saturated heterocycles. The predicted molar refractivity (Wildman–Crippen MR) is 91.9 cm³/mol. The third kappa shape index (κ3) is 3.77. The van der Waals surface area contributed by atoms with Gasteiger partial charge >= 0.3 is 0 Å². The van der Waals surface area contributed by atoms with E-state index in [-0.39, 0.29) is 5.78 Å². The van der Waals surface area contributed by atoms with Gasteiger partial charge in [0.15, 0.2) is 12.5 Å². The van der Waals surface area contributed by atoms with Crippen LogP contribution in [0.3, 0.4) is 0 Å². The van der Waals surface area contributed by atoms with E-state index in [1.54, 1.807) is 0 Å². The standard InChI is InChI=1S/C20H17NO2/c22-20(16-9-3-1-4-10-16)18-13-7-8-14-19(18)21-15-23-17-11-5-2-6-12-17/h1-14,21H,15H2. The van der Waals surface area contributed by atoms with E-state index in [1.807, 2.05) is 84.9 Å². The van der Waals surface area contributed by atoms with Crippen molar-refractivity contribution in [1.82, 2.24) is 0 Å². The second kappa shape index (κ2) is 7.27. The number of benzene rings is 3. The van der Waals surface area contributed by atoms with Crippen LogP contribution in [0.5, 0.6) is 5.75 Å². The van der Waals surface area contributed by atoms with Crippen LogP contribution in [-0.2, 0) is 0 Å². The Hall–Kier alpha value is -3.07. The second-order valence-electron chi connectivity index (χ2n) is 5.02. The first-order valence-electron chi connectivity index (χ1n) is 7.45. The Labute approximate surface area is 135 Å². The molecule has 3 heteroatoms. The summed E-state index contributed by atoms with van der Waals surface area (Å²) in [5.74, 6) is 0.778. The zero-order valence-corrected chi connectivity index (χ0v) is 12.6. The van der Waals surface area contributed by atoms with Crippen LogP contribution in [0.1, 0.15) is 15.9 Å². The molecule has 1 N–H and O–H groups in total. The number of carbonyl (C=O) groups excluding carboxylic acids is 1. The van der Waals surface area contributed by atoms with Crippen LogP contribution in [0.2, 0.25) is 0 Å². The van der Waals surface area contributed by atoms with E-state index < -0.39 is 0 Å². The quantitative estimate of drug-likeness (QED) is 0.543. The molecule has 0 spiro atoms. The van der Waals surface area contributed by atoms with E-state index in [0.29, 0.717) is 17.9 Å². The maximum Gasteiger partial charge on any atom is 0.195 e. The van der Waals surface area contributed by atoms with Crippen molar-refractivity contribution in [3.63, 3.8) is 0 Å². The molecular formula is C20H17NO2. The third-order valence-electron chi connectivity index (χ3n) is 3.45. The van der Waals surface area contributed by atoms with E-state index in [9.17, 15) is 4.79 Å². The molecule has 23 heavy (non-hydrogen) atoms. The summed E-state index contributed by atoms with van der Waals surface area (Å²) < 4.78 is 5.63. The van der Waals surface area contributed by atoms with E-state index >= 15 is 0 Å². The number of hydrogen-bond donors (Lipinski definition) is 1. The van der Waals surface area contributed by atoms with Crippen molar-refractivity contribution in [2.75, 3.05) is 12.0 Å². The highest BCUT2D eigenvalue weighted by molar-refractivity contribution is 6.12. The summed E-state index contributed by atoms with van der Waals surface area (Å²) in [5, 5.41) is 3.17. The van der Waals surface area contributed by atoms with Crippen LogP contribution in [0.25, 0.3) is 0 Å². The summed E-state index contributed by atoms with van der Waals surface area (Å²) in [6.45, 7) is 0.295. The third-order valence-corrected chi connectivity index (χ3v) is 3.45. The molecular weight excluding hydrogens is 286 g/mol. The number of hydrogen-bond acceptors (Lipinski definition) is 3. The molecule has 0 heterocycles. The lowest BCUT2D eigenvalue weighted by molar-refractivity contribution is 0.103. The van der Waals surface area contributed by atoms with Gasteiger partial charge < -0.3 is 10.1 Å². The number of para-hydroxylation sites is 2. The Morgan fingerprint density at radius 3 is 2.13 bits per heavy atom. The molecule has 0 aliphatic rings. The SMILES string of the molecule is O=C(c1ccccc1)c1ccccc1NCOc1ccccc1. The van der Waals surface area contributed by atoms with Gasteiger partial charge in [-0.05, 0) is 24.3 Å². The molecule has 0 aliphatic heterocycles. The maximum atomic E-state index is 12.6. The number of nitrogens with one attached hydrogen (secondary N) is 1. The average molecular weight is 303 g/mol. The van der Waals surface area contributed by atoms with Gasteiger partial charge in [0, 0.05) is 16.8 Å². The fourth-order valence-electron chi connectivity index (χ4n) is 2.29. The molecule has 0 fully saturated rings. The van der Waals surface area contributed by atoms with E-state index in [4.69, 9.17) is 4.74 Å².